The lowest BCUT2D eigenvalue weighted by atomic mass is 9.43. The summed E-state index contributed by atoms with van der Waals surface area (Å²) in [5.74, 6) is -3.34. The van der Waals surface area contributed by atoms with E-state index < -0.39 is 76.0 Å². The number of hydrogen-bond donors (Lipinski definition) is 3. The molecule has 9 nitrogen and oxygen atoms in total. The summed E-state index contributed by atoms with van der Waals surface area (Å²) >= 11 is 0. The third-order valence-corrected chi connectivity index (χ3v) is 10.4. The fourth-order valence-corrected chi connectivity index (χ4v) is 7.96. The first-order valence-corrected chi connectivity index (χ1v) is 13.5. The van der Waals surface area contributed by atoms with Crippen molar-refractivity contribution in [1.29, 1.82) is 0 Å². The smallest absolute Gasteiger partial charge is 0.338 e. The predicted octanol–water partition coefficient (Wildman–Crippen LogP) is 2.36. The molecule has 0 amide bonds. The van der Waals surface area contributed by atoms with Crippen molar-refractivity contribution in [3.8, 4) is 0 Å². The van der Waals surface area contributed by atoms with Crippen molar-refractivity contribution in [1.82, 2.24) is 0 Å². The average Bonchev–Trinajstić information content (AvgIpc) is 2.87. The van der Waals surface area contributed by atoms with Gasteiger partial charge >= 0.3 is 11.9 Å². The monoisotopic (exact) mass is 542 g/mol. The van der Waals surface area contributed by atoms with Crippen LogP contribution in [0.5, 0.6) is 0 Å². The third-order valence-electron chi connectivity index (χ3n) is 10.4. The second-order valence-corrected chi connectivity index (χ2v) is 12.6. The highest BCUT2D eigenvalue weighted by Crippen LogP contribution is 2.65. The molecule has 0 spiro atoms. The van der Waals surface area contributed by atoms with Crippen molar-refractivity contribution in [3.05, 3.63) is 47.0 Å². The molecule has 9 atom stereocenters. The van der Waals surface area contributed by atoms with E-state index in [0.29, 0.717) is 12.0 Å². The number of hydrogen-bond acceptors (Lipinski definition) is 9. The molecule has 212 valence electrons. The number of Topliss-reactive ketones (excluding diaryl/α,β-unsaturated/α-hetero) is 1. The first kappa shape index (κ1) is 28.0. The van der Waals surface area contributed by atoms with Crippen LogP contribution < -0.4 is 0 Å². The molecule has 1 aromatic rings. The zero-order chi connectivity index (χ0) is 28.7. The zero-order valence-electron chi connectivity index (χ0n) is 23.3. The Balaban J connectivity index is 1.81. The highest BCUT2D eigenvalue weighted by molar-refractivity contribution is 5.93. The van der Waals surface area contributed by atoms with Crippen molar-refractivity contribution < 1.29 is 43.9 Å². The van der Waals surface area contributed by atoms with Gasteiger partial charge in [-0.15, -0.1) is 0 Å². The molecule has 1 heterocycles. The van der Waals surface area contributed by atoms with Crippen LogP contribution in [-0.2, 0) is 23.8 Å². The van der Waals surface area contributed by atoms with Crippen LogP contribution in [0.2, 0.25) is 0 Å². The molecule has 2 saturated carbocycles. The van der Waals surface area contributed by atoms with Crippen molar-refractivity contribution >= 4 is 17.7 Å². The molecular formula is C30H38O9. The summed E-state index contributed by atoms with van der Waals surface area (Å²) in [6.07, 6.45) is -4.70. The van der Waals surface area contributed by atoms with E-state index in [0.717, 1.165) is 0 Å². The first-order chi connectivity index (χ1) is 18.1. The van der Waals surface area contributed by atoms with Crippen LogP contribution in [0.3, 0.4) is 0 Å². The first-order valence-electron chi connectivity index (χ1n) is 13.5. The number of esters is 2. The van der Waals surface area contributed by atoms with Gasteiger partial charge in [0, 0.05) is 24.2 Å². The van der Waals surface area contributed by atoms with E-state index in [4.69, 9.17) is 14.2 Å². The summed E-state index contributed by atoms with van der Waals surface area (Å²) in [4.78, 5) is 40.6. The second kappa shape index (κ2) is 8.96. The van der Waals surface area contributed by atoms with E-state index in [1.54, 1.807) is 58.0 Å². The van der Waals surface area contributed by atoms with Gasteiger partial charge < -0.3 is 29.5 Å². The lowest BCUT2D eigenvalue weighted by Crippen LogP contribution is -2.80. The van der Waals surface area contributed by atoms with Gasteiger partial charge in [-0.25, -0.2) is 4.79 Å². The van der Waals surface area contributed by atoms with Gasteiger partial charge in [-0.05, 0) is 42.5 Å². The van der Waals surface area contributed by atoms with Gasteiger partial charge in [0.15, 0.2) is 11.4 Å². The highest BCUT2D eigenvalue weighted by Gasteiger charge is 2.77. The minimum absolute atomic E-state index is 0.0617. The molecule has 5 rings (SSSR count). The third kappa shape index (κ3) is 3.63. The quantitative estimate of drug-likeness (QED) is 0.388. The van der Waals surface area contributed by atoms with Crippen LogP contribution in [0.15, 0.2) is 41.5 Å². The van der Waals surface area contributed by atoms with Crippen molar-refractivity contribution in [3.63, 3.8) is 0 Å². The lowest BCUT2D eigenvalue weighted by molar-refractivity contribution is -0.340. The van der Waals surface area contributed by atoms with Crippen molar-refractivity contribution in [2.24, 2.45) is 22.7 Å². The minimum atomic E-state index is -1.95. The fourth-order valence-electron chi connectivity index (χ4n) is 7.96. The predicted molar refractivity (Wildman–Crippen MR) is 138 cm³/mol. The fraction of sp³-hybridized carbons (Fsp3) is 0.633. The van der Waals surface area contributed by atoms with Gasteiger partial charge in [-0.1, -0.05) is 45.9 Å². The summed E-state index contributed by atoms with van der Waals surface area (Å²) in [5, 5.41) is 35.5. The number of fused-ring (bicyclic) bond motifs is 5. The number of aliphatic hydroxyl groups is 3. The molecule has 1 unspecified atom stereocenters. The number of ketones is 1. The van der Waals surface area contributed by atoms with Gasteiger partial charge in [-0.2, -0.15) is 0 Å². The van der Waals surface area contributed by atoms with Crippen molar-refractivity contribution in [2.45, 2.75) is 90.0 Å². The molecule has 2 bridgehead atoms. The number of benzene rings is 1. The standard InChI is InChI=1S/C30H38O9/c1-15-12-20-29(14-37-20,39-17(3)31)23-25(38-26(35)18-10-8-7-9-11-18)30(36)13-19(32)16(2)21(27(30,4)5)22(33)24(34)28(15,23)6/h7-11,15,19-20,22-23,25,32-33,36H,12-14H2,1-6H3/t15-,19-,20+,22+,23?,25-,28+,29-,30+/m0/s1. The number of ether oxygens (including phenoxy) is 3. The number of carbonyl (C=O) groups excluding carboxylic acids is 3. The topological polar surface area (TPSA) is 140 Å². The molecule has 3 fully saturated rings. The summed E-state index contributed by atoms with van der Waals surface area (Å²) in [5.41, 5.74) is -5.19. The van der Waals surface area contributed by atoms with Gasteiger partial charge in [0.25, 0.3) is 0 Å². The Kier molecular flexibility index (Phi) is 6.42. The van der Waals surface area contributed by atoms with Crippen LogP contribution in [0.1, 0.15) is 64.7 Å². The maximum absolute atomic E-state index is 14.4. The van der Waals surface area contributed by atoms with Crippen LogP contribution >= 0.6 is 0 Å². The van der Waals surface area contributed by atoms with Crippen molar-refractivity contribution in [2.75, 3.05) is 6.61 Å². The Morgan fingerprint density at radius 3 is 2.31 bits per heavy atom. The lowest BCUT2D eigenvalue weighted by Gasteiger charge is -2.67. The number of rotatable bonds is 3. The zero-order valence-corrected chi connectivity index (χ0v) is 23.3. The van der Waals surface area contributed by atoms with E-state index in [2.05, 4.69) is 0 Å². The largest absolute Gasteiger partial charge is 0.455 e. The molecule has 39 heavy (non-hydrogen) atoms. The van der Waals surface area contributed by atoms with E-state index in [1.165, 1.54) is 6.92 Å². The molecule has 3 N–H and O–H groups in total. The maximum Gasteiger partial charge on any atom is 0.338 e. The second-order valence-electron chi connectivity index (χ2n) is 12.6. The van der Waals surface area contributed by atoms with Crippen LogP contribution in [0, 0.1) is 22.7 Å². The Bertz CT molecular complexity index is 1240. The Morgan fingerprint density at radius 2 is 1.74 bits per heavy atom. The molecule has 9 heteroatoms. The average molecular weight is 543 g/mol. The molecule has 1 aromatic carbocycles. The molecule has 4 aliphatic rings. The van der Waals surface area contributed by atoms with Gasteiger partial charge in [-0.3, -0.25) is 9.59 Å². The van der Waals surface area contributed by atoms with Gasteiger partial charge in [0.2, 0.25) is 0 Å². The summed E-state index contributed by atoms with van der Waals surface area (Å²) in [6.45, 7) is 9.76. The van der Waals surface area contributed by atoms with Crippen LogP contribution in [-0.4, -0.2) is 75.3 Å². The highest BCUT2D eigenvalue weighted by atomic mass is 16.6. The van der Waals surface area contributed by atoms with Crippen LogP contribution in [0.4, 0.5) is 0 Å². The summed E-state index contributed by atoms with van der Waals surface area (Å²) < 4.78 is 18.1. The maximum atomic E-state index is 14.4. The molecule has 0 radical (unpaired) electrons. The van der Waals surface area contributed by atoms with Gasteiger partial charge in [0.1, 0.15) is 23.9 Å². The van der Waals surface area contributed by atoms with E-state index in [9.17, 15) is 29.7 Å². The number of carbonyl (C=O) groups is 3. The Morgan fingerprint density at radius 1 is 1.10 bits per heavy atom. The van der Waals surface area contributed by atoms with E-state index in [-0.39, 0.29) is 24.2 Å². The van der Waals surface area contributed by atoms with E-state index in [1.807, 2.05) is 6.92 Å². The summed E-state index contributed by atoms with van der Waals surface area (Å²) in [6, 6.07) is 8.29. The van der Waals surface area contributed by atoms with Gasteiger partial charge in [0.05, 0.1) is 24.2 Å². The summed E-state index contributed by atoms with van der Waals surface area (Å²) in [7, 11) is 0. The Labute approximate surface area is 228 Å². The normalized spacial score (nSPS) is 42.7. The SMILES string of the molecule is CC(=O)O[C@@]12CO[C@@H]1C[C@H](C)[C@@]1(C)C(=O)[C@H](O)C3=C(C)[C@@H](O)C[C@@](O)([C@@H](OC(=O)c4ccccc4)C12)C3(C)C. The number of aliphatic hydroxyl groups excluding tert-OH is 2. The minimum Gasteiger partial charge on any atom is -0.455 e. The Hall–Kier alpha value is -2.59. The van der Waals surface area contributed by atoms with Crippen LogP contribution in [0.25, 0.3) is 0 Å². The molecule has 0 aromatic heterocycles. The molecule has 1 saturated heterocycles. The van der Waals surface area contributed by atoms with E-state index >= 15 is 0 Å². The molecule has 3 aliphatic carbocycles. The molecule has 1 aliphatic heterocycles. The molecular weight excluding hydrogens is 504 g/mol.